The van der Waals surface area contributed by atoms with Crippen LogP contribution in [0.5, 0.6) is 0 Å². The van der Waals surface area contributed by atoms with E-state index in [1.54, 1.807) is 0 Å². The lowest BCUT2D eigenvalue weighted by molar-refractivity contribution is 0.0389. The van der Waals surface area contributed by atoms with Crippen LogP contribution in [0.25, 0.3) is 0 Å². The summed E-state index contributed by atoms with van der Waals surface area (Å²) in [6.07, 6.45) is 6.50. The van der Waals surface area contributed by atoms with Gasteiger partial charge < -0.3 is 15.4 Å². The van der Waals surface area contributed by atoms with Gasteiger partial charge in [0.2, 0.25) is 0 Å². The fourth-order valence-corrected chi connectivity index (χ4v) is 2.87. The van der Waals surface area contributed by atoms with Gasteiger partial charge in [0.15, 0.2) is 5.96 Å². The Balaban J connectivity index is 0.00000484. The van der Waals surface area contributed by atoms with Crippen LogP contribution in [0.1, 0.15) is 46.0 Å². The second-order valence-corrected chi connectivity index (χ2v) is 6.13. The molecular weight excluding hydrogens is 403 g/mol. The third-order valence-electron chi connectivity index (χ3n) is 4.27. The van der Waals surface area contributed by atoms with Crippen molar-refractivity contribution in [3.63, 3.8) is 0 Å². The van der Waals surface area contributed by atoms with Crippen molar-refractivity contribution in [1.29, 1.82) is 0 Å². The molecule has 1 unspecified atom stereocenters. The van der Waals surface area contributed by atoms with Crippen LogP contribution < -0.4 is 10.6 Å². The highest BCUT2D eigenvalue weighted by Crippen LogP contribution is 2.13. The third-order valence-corrected chi connectivity index (χ3v) is 4.27. The van der Waals surface area contributed by atoms with Crippen molar-refractivity contribution in [2.24, 2.45) is 10.9 Å². The Kier molecular flexibility index (Phi) is 15.4. The van der Waals surface area contributed by atoms with E-state index in [9.17, 15) is 0 Å². The van der Waals surface area contributed by atoms with Crippen LogP contribution >= 0.6 is 24.0 Å². The first-order valence-corrected chi connectivity index (χ1v) is 9.04. The number of rotatable bonds is 10. The van der Waals surface area contributed by atoms with Crippen molar-refractivity contribution in [2.75, 3.05) is 53.0 Å². The van der Waals surface area contributed by atoms with E-state index in [0.717, 1.165) is 57.8 Å². The Labute approximate surface area is 160 Å². The monoisotopic (exact) mass is 440 g/mol. The summed E-state index contributed by atoms with van der Waals surface area (Å²) in [6.45, 7) is 11.4. The van der Waals surface area contributed by atoms with Gasteiger partial charge in [0, 0.05) is 39.8 Å². The van der Waals surface area contributed by atoms with E-state index in [1.165, 1.54) is 32.1 Å². The molecular formula is C17H37IN4O. The van der Waals surface area contributed by atoms with Gasteiger partial charge in [-0.2, -0.15) is 0 Å². The van der Waals surface area contributed by atoms with Gasteiger partial charge in [-0.25, -0.2) is 0 Å². The third kappa shape index (κ3) is 11.2. The van der Waals surface area contributed by atoms with Crippen LogP contribution in [0, 0.1) is 5.92 Å². The first-order valence-electron chi connectivity index (χ1n) is 9.04. The summed E-state index contributed by atoms with van der Waals surface area (Å²) >= 11 is 0. The van der Waals surface area contributed by atoms with Gasteiger partial charge in [0.1, 0.15) is 0 Å². The molecule has 0 saturated carbocycles. The van der Waals surface area contributed by atoms with Crippen molar-refractivity contribution in [3.05, 3.63) is 0 Å². The molecule has 138 valence electrons. The molecule has 1 atom stereocenters. The fourth-order valence-electron chi connectivity index (χ4n) is 2.87. The molecule has 0 radical (unpaired) electrons. The summed E-state index contributed by atoms with van der Waals surface area (Å²) in [4.78, 5) is 6.77. The zero-order valence-corrected chi connectivity index (χ0v) is 17.6. The lowest BCUT2D eigenvalue weighted by atomic mass is 9.97. The first kappa shape index (κ1) is 22.9. The second-order valence-electron chi connectivity index (χ2n) is 6.13. The lowest BCUT2D eigenvalue weighted by Crippen LogP contribution is -2.45. The number of aliphatic imine (C=N–C) groups is 1. The summed E-state index contributed by atoms with van der Waals surface area (Å²) in [5.74, 6) is 1.70. The molecule has 1 rings (SSSR count). The highest BCUT2D eigenvalue weighted by atomic mass is 127. The summed E-state index contributed by atoms with van der Waals surface area (Å²) in [7, 11) is 1.85. The summed E-state index contributed by atoms with van der Waals surface area (Å²) in [5, 5.41) is 6.92. The number of halogens is 1. The highest BCUT2D eigenvalue weighted by Gasteiger charge is 2.11. The maximum atomic E-state index is 5.37. The van der Waals surface area contributed by atoms with E-state index in [-0.39, 0.29) is 24.0 Å². The number of hydrogen-bond donors (Lipinski definition) is 2. The number of nitrogens with one attached hydrogen (secondary N) is 2. The Morgan fingerprint density at radius 1 is 1.13 bits per heavy atom. The maximum Gasteiger partial charge on any atom is 0.191 e. The molecule has 1 aliphatic heterocycles. The normalized spacial score (nSPS) is 17.4. The first-order chi connectivity index (χ1) is 10.8. The highest BCUT2D eigenvalue weighted by molar-refractivity contribution is 14.0. The van der Waals surface area contributed by atoms with Gasteiger partial charge in [-0.15, -0.1) is 24.0 Å². The van der Waals surface area contributed by atoms with Crippen molar-refractivity contribution in [3.8, 4) is 0 Å². The minimum absolute atomic E-state index is 0. The molecule has 0 aromatic carbocycles. The molecule has 0 bridgehead atoms. The molecule has 2 N–H and O–H groups in total. The van der Waals surface area contributed by atoms with Crippen LogP contribution in [0.4, 0.5) is 0 Å². The number of guanidine groups is 1. The molecule has 0 spiro atoms. The van der Waals surface area contributed by atoms with Crippen LogP contribution in [0.3, 0.4) is 0 Å². The molecule has 1 saturated heterocycles. The lowest BCUT2D eigenvalue weighted by Gasteiger charge is -2.27. The quantitative estimate of drug-likeness (QED) is 0.312. The van der Waals surface area contributed by atoms with Crippen LogP contribution in [-0.4, -0.2) is 63.8 Å². The summed E-state index contributed by atoms with van der Waals surface area (Å²) in [5.41, 5.74) is 0. The SMILES string of the molecule is CCCCC(CCC)CNC(=NC)NCCN1CCOCC1.I. The molecule has 1 fully saturated rings. The topological polar surface area (TPSA) is 48.9 Å². The van der Waals surface area contributed by atoms with Crippen molar-refractivity contribution < 1.29 is 4.74 Å². The molecule has 0 aromatic rings. The van der Waals surface area contributed by atoms with E-state index >= 15 is 0 Å². The number of hydrogen-bond acceptors (Lipinski definition) is 3. The van der Waals surface area contributed by atoms with Gasteiger partial charge in [-0.05, 0) is 18.8 Å². The summed E-state index contributed by atoms with van der Waals surface area (Å²) in [6, 6.07) is 0. The molecule has 5 nitrogen and oxygen atoms in total. The fraction of sp³-hybridized carbons (Fsp3) is 0.941. The number of ether oxygens (including phenoxy) is 1. The number of morpholine rings is 1. The molecule has 23 heavy (non-hydrogen) atoms. The Bertz CT molecular complexity index is 296. The van der Waals surface area contributed by atoms with Gasteiger partial charge in [-0.1, -0.05) is 33.1 Å². The van der Waals surface area contributed by atoms with Gasteiger partial charge in [0.25, 0.3) is 0 Å². The predicted molar refractivity (Wildman–Crippen MR) is 110 cm³/mol. The van der Waals surface area contributed by atoms with E-state index in [2.05, 4.69) is 34.4 Å². The summed E-state index contributed by atoms with van der Waals surface area (Å²) < 4.78 is 5.37. The Hall–Kier alpha value is -0.0800. The van der Waals surface area contributed by atoms with E-state index < -0.39 is 0 Å². The average molecular weight is 440 g/mol. The molecule has 1 heterocycles. The van der Waals surface area contributed by atoms with Crippen LogP contribution in [-0.2, 0) is 4.74 Å². The standard InChI is InChI=1S/C17H36N4O.HI/c1-4-6-8-16(7-5-2)15-20-17(18-3)19-9-10-21-11-13-22-14-12-21;/h16H,4-15H2,1-3H3,(H2,18,19,20);1H. The van der Waals surface area contributed by atoms with E-state index in [4.69, 9.17) is 4.74 Å². The molecule has 6 heteroatoms. The van der Waals surface area contributed by atoms with E-state index in [0.29, 0.717) is 0 Å². The van der Waals surface area contributed by atoms with Crippen LogP contribution in [0.2, 0.25) is 0 Å². The zero-order chi connectivity index (χ0) is 16.0. The van der Waals surface area contributed by atoms with Gasteiger partial charge in [-0.3, -0.25) is 9.89 Å². The Morgan fingerprint density at radius 3 is 2.48 bits per heavy atom. The average Bonchev–Trinajstić information content (AvgIpc) is 2.56. The smallest absolute Gasteiger partial charge is 0.191 e. The van der Waals surface area contributed by atoms with Gasteiger partial charge in [0.05, 0.1) is 13.2 Å². The van der Waals surface area contributed by atoms with E-state index in [1.807, 2.05) is 7.05 Å². The minimum Gasteiger partial charge on any atom is -0.379 e. The molecule has 1 aliphatic rings. The Morgan fingerprint density at radius 2 is 1.87 bits per heavy atom. The van der Waals surface area contributed by atoms with Crippen molar-refractivity contribution >= 4 is 29.9 Å². The largest absolute Gasteiger partial charge is 0.379 e. The molecule has 0 aliphatic carbocycles. The minimum atomic E-state index is 0. The predicted octanol–water partition coefficient (Wildman–Crippen LogP) is 2.71. The molecule has 0 aromatic heterocycles. The second kappa shape index (κ2) is 15.4. The number of nitrogens with zero attached hydrogens (tertiary/aromatic N) is 2. The van der Waals surface area contributed by atoms with Crippen molar-refractivity contribution in [1.82, 2.24) is 15.5 Å². The van der Waals surface area contributed by atoms with Gasteiger partial charge >= 0.3 is 0 Å². The van der Waals surface area contributed by atoms with Crippen molar-refractivity contribution in [2.45, 2.75) is 46.0 Å². The zero-order valence-electron chi connectivity index (χ0n) is 15.3. The molecule has 0 amide bonds. The maximum absolute atomic E-state index is 5.37. The van der Waals surface area contributed by atoms with Crippen LogP contribution in [0.15, 0.2) is 4.99 Å². The number of unbranched alkanes of at least 4 members (excludes halogenated alkanes) is 1.